The van der Waals surface area contributed by atoms with Crippen molar-refractivity contribution in [2.24, 2.45) is 5.14 Å². The molecule has 0 atom stereocenters. The molecule has 0 bridgehead atoms. The van der Waals surface area contributed by atoms with E-state index < -0.39 is 10.2 Å². The number of rotatable bonds is 4. The third-order valence-electron chi connectivity index (χ3n) is 4.09. The van der Waals surface area contributed by atoms with E-state index in [1.54, 1.807) is 0 Å². The van der Waals surface area contributed by atoms with Crippen LogP contribution in [0, 0.1) is 0 Å². The molecule has 0 spiro atoms. The van der Waals surface area contributed by atoms with E-state index in [4.69, 9.17) is 5.14 Å². The Bertz CT molecular complexity index is 368. The van der Waals surface area contributed by atoms with Crippen molar-refractivity contribution in [3.8, 4) is 0 Å². The molecule has 19 heavy (non-hydrogen) atoms. The quantitative estimate of drug-likeness (QED) is 0.771. The highest BCUT2D eigenvalue weighted by atomic mass is 32.2. The first kappa shape index (κ1) is 15.2. The second kappa shape index (κ2) is 6.99. The molecular formula is C12H26N4O2S. The lowest BCUT2D eigenvalue weighted by Crippen LogP contribution is -2.41. The minimum atomic E-state index is -3.51. The number of hydrogen-bond acceptors (Lipinski definition) is 4. The highest BCUT2D eigenvalue weighted by Gasteiger charge is 2.22. The van der Waals surface area contributed by atoms with Gasteiger partial charge in [-0.1, -0.05) is 6.42 Å². The van der Waals surface area contributed by atoms with E-state index in [0.29, 0.717) is 13.1 Å². The average Bonchev–Trinajstić information content (AvgIpc) is 2.62. The van der Waals surface area contributed by atoms with E-state index in [1.807, 2.05) is 0 Å². The molecule has 112 valence electrons. The monoisotopic (exact) mass is 290 g/mol. The van der Waals surface area contributed by atoms with Crippen molar-refractivity contribution in [2.75, 3.05) is 52.4 Å². The molecule has 0 radical (unpaired) electrons. The van der Waals surface area contributed by atoms with Crippen LogP contribution in [-0.2, 0) is 10.2 Å². The Balaban J connectivity index is 1.73. The van der Waals surface area contributed by atoms with Gasteiger partial charge in [-0.15, -0.1) is 0 Å². The number of nitrogens with two attached hydrogens (primary N) is 1. The minimum absolute atomic E-state index is 0.527. The Kier molecular flexibility index (Phi) is 5.58. The van der Waals surface area contributed by atoms with Gasteiger partial charge in [0.2, 0.25) is 0 Å². The summed E-state index contributed by atoms with van der Waals surface area (Å²) in [7, 11) is -3.51. The maximum absolute atomic E-state index is 11.3. The lowest BCUT2D eigenvalue weighted by molar-refractivity contribution is 0.185. The summed E-state index contributed by atoms with van der Waals surface area (Å²) >= 11 is 0. The largest absolute Gasteiger partial charge is 0.302 e. The van der Waals surface area contributed by atoms with E-state index in [0.717, 1.165) is 32.6 Å². The number of nitrogens with zero attached hydrogens (tertiary/aromatic N) is 3. The Morgan fingerprint density at radius 1 is 0.737 bits per heavy atom. The van der Waals surface area contributed by atoms with Crippen LogP contribution in [0.4, 0.5) is 0 Å². The zero-order valence-electron chi connectivity index (χ0n) is 11.6. The van der Waals surface area contributed by atoms with Crippen LogP contribution in [0.2, 0.25) is 0 Å². The van der Waals surface area contributed by atoms with Crippen molar-refractivity contribution in [3.63, 3.8) is 0 Å². The second-order valence-electron chi connectivity index (χ2n) is 5.54. The molecule has 2 N–H and O–H groups in total. The molecule has 2 rings (SSSR count). The van der Waals surface area contributed by atoms with Crippen LogP contribution in [0.1, 0.15) is 25.7 Å². The fraction of sp³-hybridized carbons (Fsp3) is 1.00. The van der Waals surface area contributed by atoms with Crippen molar-refractivity contribution >= 4 is 10.2 Å². The predicted molar refractivity (Wildman–Crippen MR) is 76.0 cm³/mol. The topological polar surface area (TPSA) is 69.9 Å². The van der Waals surface area contributed by atoms with E-state index in [9.17, 15) is 8.42 Å². The fourth-order valence-corrected chi connectivity index (χ4v) is 3.61. The standard InChI is InChI=1S/C12H26N4O2S/c13-19(17,18)16-8-4-7-15(11-12-16)10-9-14-5-2-1-3-6-14/h1-12H2,(H2,13,17,18). The van der Waals surface area contributed by atoms with Crippen LogP contribution in [0.15, 0.2) is 0 Å². The molecule has 0 aromatic rings. The molecule has 0 unspecified atom stereocenters. The van der Waals surface area contributed by atoms with E-state index in [-0.39, 0.29) is 0 Å². The van der Waals surface area contributed by atoms with Gasteiger partial charge in [0.1, 0.15) is 0 Å². The van der Waals surface area contributed by atoms with Crippen molar-refractivity contribution in [3.05, 3.63) is 0 Å². The Hall–Kier alpha value is -0.210. The lowest BCUT2D eigenvalue weighted by atomic mass is 10.1. The molecule has 0 aromatic heterocycles. The van der Waals surface area contributed by atoms with Gasteiger partial charge in [-0.3, -0.25) is 0 Å². The minimum Gasteiger partial charge on any atom is -0.302 e. The summed E-state index contributed by atoms with van der Waals surface area (Å²) in [5.41, 5.74) is 0. The van der Waals surface area contributed by atoms with Gasteiger partial charge in [0.15, 0.2) is 0 Å². The van der Waals surface area contributed by atoms with Crippen molar-refractivity contribution in [1.29, 1.82) is 0 Å². The third-order valence-corrected chi connectivity index (χ3v) is 5.17. The summed E-state index contributed by atoms with van der Waals surface area (Å²) in [6, 6.07) is 0. The summed E-state index contributed by atoms with van der Waals surface area (Å²) in [5.74, 6) is 0. The third kappa shape index (κ3) is 5.00. The van der Waals surface area contributed by atoms with Crippen molar-refractivity contribution in [1.82, 2.24) is 14.1 Å². The Morgan fingerprint density at radius 2 is 1.32 bits per heavy atom. The first-order valence-electron chi connectivity index (χ1n) is 7.28. The number of likely N-dealkylation sites (tertiary alicyclic amines) is 1. The molecule has 2 aliphatic heterocycles. The maximum atomic E-state index is 11.3. The zero-order chi connectivity index (χ0) is 13.7. The Labute approximate surface area is 116 Å². The first-order valence-corrected chi connectivity index (χ1v) is 8.78. The summed E-state index contributed by atoms with van der Waals surface area (Å²) in [6.45, 7) is 7.43. The molecule has 0 aliphatic carbocycles. The van der Waals surface area contributed by atoms with Crippen LogP contribution in [0.5, 0.6) is 0 Å². The van der Waals surface area contributed by atoms with E-state index in [1.165, 1.54) is 36.7 Å². The zero-order valence-corrected chi connectivity index (χ0v) is 12.4. The van der Waals surface area contributed by atoms with Gasteiger partial charge in [0, 0.05) is 32.7 Å². The molecule has 7 heteroatoms. The van der Waals surface area contributed by atoms with Crippen molar-refractivity contribution < 1.29 is 8.42 Å². The molecular weight excluding hydrogens is 264 g/mol. The maximum Gasteiger partial charge on any atom is 0.276 e. The summed E-state index contributed by atoms with van der Waals surface area (Å²) in [6.07, 6.45) is 4.87. The summed E-state index contributed by atoms with van der Waals surface area (Å²) in [5, 5.41) is 5.19. The van der Waals surface area contributed by atoms with Gasteiger partial charge >= 0.3 is 0 Å². The smallest absolute Gasteiger partial charge is 0.276 e. The highest BCUT2D eigenvalue weighted by molar-refractivity contribution is 7.86. The first-order chi connectivity index (χ1) is 9.05. The van der Waals surface area contributed by atoms with Gasteiger partial charge in [0.05, 0.1) is 0 Å². The summed E-state index contributed by atoms with van der Waals surface area (Å²) in [4.78, 5) is 4.88. The van der Waals surface area contributed by atoms with Gasteiger partial charge in [0.25, 0.3) is 10.2 Å². The summed E-state index contributed by atoms with van der Waals surface area (Å²) < 4.78 is 24.1. The van der Waals surface area contributed by atoms with Crippen LogP contribution in [-0.4, -0.2) is 74.9 Å². The molecule has 0 amide bonds. The lowest BCUT2D eigenvalue weighted by Gasteiger charge is -2.29. The van der Waals surface area contributed by atoms with Gasteiger partial charge < -0.3 is 9.80 Å². The van der Waals surface area contributed by atoms with Crippen LogP contribution in [0.3, 0.4) is 0 Å². The Morgan fingerprint density at radius 3 is 1.95 bits per heavy atom. The van der Waals surface area contributed by atoms with Gasteiger partial charge in [-0.2, -0.15) is 12.7 Å². The second-order valence-corrected chi connectivity index (χ2v) is 7.09. The van der Waals surface area contributed by atoms with Crippen LogP contribution >= 0.6 is 0 Å². The van der Waals surface area contributed by atoms with Crippen LogP contribution in [0.25, 0.3) is 0 Å². The van der Waals surface area contributed by atoms with Crippen molar-refractivity contribution in [2.45, 2.75) is 25.7 Å². The van der Waals surface area contributed by atoms with E-state index >= 15 is 0 Å². The number of piperidine rings is 1. The molecule has 2 aliphatic rings. The molecule has 2 heterocycles. The number of hydrogen-bond donors (Lipinski definition) is 1. The average molecular weight is 290 g/mol. The van der Waals surface area contributed by atoms with Gasteiger partial charge in [-0.25, -0.2) is 5.14 Å². The molecule has 2 saturated heterocycles. The fourth-order valence-electron chi connectivity index (χ4n) is 2.89. The molecule has 0 saturated carbocycles. The van der Waals surface area contributed by atoms with E-state index in [2.05, 4.69) is 9.80 Å². The normalized spacial score (nSPS) is 25.3. The molecule has 2 fully saturated rings. The highest BCUT2D eigenvalue weighted by Crippen LogP contribution is 2.09. The molecule has 6 nitrogen and oxygen atoms in total. The predicted octanol–water partition coefficient (Wildman–Crippen LogP) is -0.316. The molecule has 0 aromatic carbocycles. The SMILES string of the molecule is NS(=O)(=O)N1CCCN(CCN2CCCCC2)CC1. The van der Waals surface area contributed by atoms with Crippen LogP contribution < -0.4 is 5.14 Å². The van der Waals surface area contributed by atoms with Gasteiger partial charge in [-0.05, 0) is 38.9 Å².